The number of hydrogen-bond acceptors (Lipinski definition) is 6. The Morgan fingerprint density at radius 1 is 1.25 bits per heavy atom. The summed E-state index contributed by atoms with van der Waals surface area (Å²) >= 11 is 0. The summed E-state index contributed by atoms with van der Waals surface area (Å²) < 4.78 is 21.4. The minimum atomic E-state index is -0.0660. The number of benzene rings is 1. The molecule has 1 amide bonds. The Labute approximate surface area is 148 Å². The maximum absolute atomic E-state index is 12.0. The third-order valence-corrected chi connectivity index (χ3v) is 3.63. The van der Waals surface area contributed by atoms with E-state index in [4.69, 9.17) is 18.9 Å². The van der Waals surface area contributed by atoms with E-state index in [0.29, 0.717) is 43.4 Å². The van der Waals surface area contributed by atoms with Gasteiger partial charge in [0.2, 0.25) is 11.7 Å². The lowest BCUT2D eigenvalue weighted by Crippen LogP contribution is -2.41. The summed E-state index contributed by atoms with van der Waals surface area (Å²) in [6.07, 6.45) is 0.279. The van der Waals surface area contributed by atoms with Crippen LogP contribution in [0.25, 0.3) is 0 Å². The van der Waals surface area contributed by atoms with Crippen molar-refractivity contribution in [3.8, 4) is 17.2 Å². The number of carbonyl (C=O) groups is 1. The van der Waals surface area contributed by atoms with Crippen LogP contribution in [0.1, 0.15) is 12.0 Å². The lowest BCUT2D eigenvalue weighted by molar-refractivity contribution is -0.124. The second kappa shape index (κ2) is 10.2. The number of methoxy groups -OCH3 is 3. The largest absolute Gasteiger partial charge is 0.493 e. The van der Waals surface area contributed by atoms with Crippen LogP contribution in [0.15, 0.2) is 12.1 Å². The van der Waals surface area contributed by atoms with Crippen molar-refractivity contribution >= 4 is 18.3 Å². The molecule has 0 radical (unpaired) electrons. The zero-order chi connectivity index (χ0) is 16.7. The second-order valence-electron chi connectivity index (χ2n) is 5.21. The fourth-order valence-electron chi connectivity index (χ4n) is 2.47. The van der Waals surface area contributed by atoms with E-state index in [1.165, 1.54) is 0 Å². The molecule has 1 aliphatic rings. The van der Waals surface area contributed by atoms with E-state index in [-0.39, 0.29) is 24.4 Å². The molecule has 1 fully saturated rings. The Kier molecular flexibility index (Phi) is 8.67. The average Bonchev–Trinajstić information content (AvgIpc) is 2.59. The number of amides is 1. The Hall–Kier alpha value is -1.70. The van der Waals surface area contributed by atoms with Crippen molar-refractivity contribution < 1.29 is 23.7 Å². The molecule has 2 N–H and O–H groups in total. The minimum Gasteiger partial charge on any atom is -0.493 e. The highest BCUT2D eigenvalue weighted by atomic mass is 35.5. The smallest absolute Gasteiger partial charge is 0.222 e. The van der Waals surface area contributed by atoms with Gasteiger partial charge in [0, 0.05) is 19.6 Å². The molecule has 2 rings (SSSR count). The predicted molar refractivity (Wildman–Crippen MR) is 92.4 cm³/mol. The maximum Gasteiger partial charge on any atom is 0.222 e. The molecule has 1 aliphatic heterocycles. The van der Waals surface area contributed by atoms with Gasteiger partial charge in [-0.3, -0.25) is 4.79 Å². The Morgan fingerprint density at radius 3 is 2.42 bits per heavy atom. The first-order valence-electron chi connectivity index (χ1n) is 7.55. The van der Waals surface area contributed by atoms with E-state index in [0.717, 1.165) is 12.1 Å². The molecule has 0 aliphatic carbocycles. The van der Waals surface area contributed by atoms with E-state index in [9.17, 15) is 4.79 Å². The number of nitrogens with one attached hydrogen (secondary N) is 2. The number of morpholine rings is 1. The SMILES string of the molecule is COc1cc(CNC(=O)CC2CNCCO2)cc(OC)c1OC.Cl. The van der Waals surface area contributed by atoms with Gasteiger partial charge < -0.3 is 29.6 Å². The number of ether oxygens (including phenoxy) is 4. The third kappa shape index (κ3) is 5.43. The summed E-state index contributed by atoms with van der Waals surface area (Å²) in [6.45, 7) is 2.57. The molecule has 1 aromatic rings. The topological polar surface area (TPSA) is 78.1 Å². The quantitative estimate of drug-likeness (QED) is 0.759. The number of rotatable bonds is 7. The maximum atomic E-state index is 12.0. The van der Waals surface area contributed by atoms with Crippen LogP contribution in [0.4, 0.5) is 0 Å². The average molecular weight is 361 g/mol. The molecule has 1 unspecified atom stereocenters. The van der Waals surface area contributed by atoms with Crippen molar-refractivity contribution in [2.75, 3.05) is 41.0 Å². The summed E-state index contributed by atoms with van der Waals surface area (Å²) in [7, 11) is 4.68. The highest BCUT2D eigenvalue weighted by Crippen LogP contribution is 2.38. The number of carbonyl (C=O) groups excluding carboxylic acids is 1. The lowest BCUT2D eigenvalue weighted by atomic mass is 10.1. The predicted octanol–water partition coefficient (Wildman–Crippen LogP) is 1.13. The molecule has 1 saturated heterocycles. The van der Waals surface area contributed by atoms with Crippen molar-refractivity contribution in [1.82, 2.24) is 10.6 Å². The van der Waals surface area contributed by atoms with E-state index < -0.39 is 0 Å². The standard InChI is InChI=1S/C16H24N2O5.ClH/c1-20-13-6-11(7-14(21-2)16(13)22-3)9-18-15(19)8-12-10-17-4-5-23-12;/h6-7,12,17H,4-5,8-10H2,1-3H3,(H,18,19);1H. The normalized spacial score (nSPS) is 16.7. The fraction of sp³-hybridized carbons (Fsp3) is 0.562. The van der Waals surface area contributed by atoms with E-state index in [1.807, 2.05) is 12.1 Å². The summed E-state index contributed by atoms with van der Waals surface area (Å²) in [5.41, 5.74) is 0.871. The molecular weight excluding hydrogens is 336 g/mol. The van der Waals surface area contributed by atoms with E-state index in [2.05, 4.69) is 10.6 Å². The zero-order valence-electron chi connectivity index (χ0n) is 14.2. The molecule has 1 atom stereocenters. The van der Waals surface area contributed by atoms with Gasteiger partial charge in [-0.2, -0.15) is 0 Å². The minimum absolute atomic E-state index is 0. The lowest BCUT2D eigenvalue weighted by Gasteiger charge is -2.23. The van der Waals surface area contributed by atoms with Gasteiger partial charge in [0.25, 0.3) is 0 Å². The molecule has 0 spiro atoms. The molecule has 8 heteroatoms. The van der Waals surface area contributed by atoms with Gasteiger partial charge in [0.15, 0.2) is 11.5 Å². The van der Waals surface area contributed by atoms with Crippen LogP contribution in [0.5, 0.6) is 17.2 Å². The van der Waals surface area contributed by atoms with Crippen molar-refractivity contribution in [2.45, 2.75) is 19.1 Å². The first-order chi connectivity index (χ1) is 11.2. The van der Waals surface area contributed by atoms with Gasteiger partial charge in [-0.05, 0) is 17.7 Å². The summed E-state index contributed by atoms with van der Waals surface area (Å²) in [5, 5.41) is 6.09. The van der Waals surface area contributed by atoms with Crippen molar-refractivity contribution in [3.63, 3.8) is 0 Å². The highest BCUT2D eigenvalue weighted by Gasteiger charge is 2.18. The van der Waals surface area contributed by atoms with Gasteiger partial charge in [-0.25, -0.2) is 0 Å². The molecule has 0 bridgehead atoms. The van der Waals surface area contributed by atoms with Crippen LogP contribution in [-0.2, 0) is 16.1 Å². The Bertz CT molecular complexity index is 510. The zero-order valence-corrected chi connectivity index (χ0v) is 15.0. The van der Waals surface area contributed by atoms with Gasteiger partial charge >= 0.3 is 0 Å². The second-order valence-corrected chi connectivity index (χ2v) is 5.21. The van der Waals surface area contributed by atoms with Crippen LogP contribution >= 0.6 is 12.4 Å². The van der Waals surface area contributed by atoms with Crippen molar-refractivity contribution in [3.05, 3.63) is 17.7 Å². The number of hydrogen-bond donors (Lipinski definition) is 2. The molecule has 0 aromatic heterocycles. The molecule has 1 heterocycles. The van der Waals surface area contributed by atoms with Crippen LogP contribution in [-0.4, -0.2) is 53.0 Å². The molecule has 7 nitrogen and oxygen atoms in total. The highest BCUT2D eigenvalue weighted by molar-refractivity contribution is 5.85. The summed E-state index contributed by atoms with van der Waals surface area (Å²) in [4.78, 5) is 12.0. The van der Waals surface area contributed by atoms with Gasteiger partial charge in [0.05, 0.1) is 40.5 Å². The van der Waals surface area contributed by atoms with Gasteiger partial charge in [-0.1, -0.05) is 0 Å². The Balaban J connectivity index is 0.00000288. The van der Waals surface area contributed by atoms with Crippen molar-refractivity contribution in [1.29, 1.82) is 0 Å². The molecular formula is C16H25ClN2O5. The van der Waals surface area contributed by atoms with Gasteiger partial charge in [0.1, 0.15) is 0 Å². The molecule has 1 aromatic carbocycles. The Morgan fingerprint density at radius 2 is 1.92 bits per heavy atom. The van der Waals surface area contributed by atoms with Crippen LogP contribution < -0.4 is 24.8 Å². The van der Waals surface area contributed by atoms with Crippen molar-refractivity contribution in [2.24, 2.45) is 0 Å². The first-order valence-corrected chi connectivity index (χ1v) is 7.55. The fourth-order valence-corrected chi connectivity index (χ4v) is 2.47. The summed E-state index contributed by atoms with van der Waals surface area (Å²) in [6, 6.07) is 3.64. The third-order valence-electron chi connectivity index (χ3n) is 3.63. The number of halogens is 1. The monoisotopic (exact) mass is 360 g/mol. The van der Waals surface area contributed by atoms with Gasteiger partial charge in [-0.15, -0.1) is 12.4 Å². The van der Waals surface area contributed by atoms with Crippen LogP contribution in [0, 0.1) is 0 Å². The summed E-state index contributed by atoms with van der Waals surface area (Å²) in [5.74, 6) is 1.62. The van der Waals surface area contributed by atoms with E-state index >= 15 is 0 Å². The first kappa shape index (κ1) is 20.3. The van der Waals surface area contributed by atoms with Crippen LogP contribution in [0.3, 0.4) is 0 Å². The molecule has 24 heavy (non-hydrogen) atoms. The molecule has 0 saturated carbocycles. The van der Waals surface area contributed by atoms with E-state index in [1.54, 1.807) is 21.3 Å². The van der Waals surface area contributed by atoms with Crippen LogP contribution in [0.2, 0.25) is 0 Å². The molecule has 136 valence electrons.